The largest absolute Gasteiger partial charge is 0.495 e. The van der Waals surface area contributed by atoms with E-state index in [2.05, 4.69) is 67.8 Å². The number of carboxylic acids is 5. The molecule has 0 saturated carbocycles. The van der Waals surface area contributed by atoms with Gasteiger partial charge in [-0.15, -0.1) is 0 Å². The lowest BCUT2D eigenvalue weighted by molar-refractivity contribution is -0.144. The summed E-state index contributed by atoms with van der Waals surface area (Å²) in [5.74, 6) is -5.70. The van der Waals surface area contributed by atoms with E-state index in [-0.39, 0.29) is 26.1 Å². The maximum absolute atomic E-state index is 11.6. The number of ether oxygens (including phenoxy) is 1. The number of carboxylic acid groups (broad SMARTS) is 5. The summed E-state index contributed by atoms with van der Waals surface area (Å²) in [4.78, 5) is 61.0. The number of halogens is 3. The van der Waals surface area contributed by atoms with Gasteiger partial charge in [0.2, 0.25) is 0 Å². The highest BCUT2D eigenvalue weighted by molar-refractivity contribution is 14.1. The molecule has 14 nitrogen and oxygen atoms in total. The topological polar surface area (TPSA) is 205 Å². The standard InChI is InChI=1S/C22H28I3N3O11/c1-39-22-15(24)5-14(23)13(21(22)25)4-12(28(10-19(35)36)11-20(37)38)6-26(7-16(29)30)2-3-27(8-17(31)32)9-18(33)34/h5,12H,2-4,6-11H2,1H3,(H,29,30)(H,31,32)(H,33,34)(H,35,36)(H,37,38). The van der Waals surface area contributed by atoms with Gasteiger partial charge in [-0.3, -0.25) is 38.7 Å². The van der Waals surface area contributed by atoms with Gasteiger partial charge in [-0.1, -0.05) is 0 Å². The van der Waals surface area contributed by atoms with E-state index in [9.17, 15) is 39.3 Å². The number of methoxy groups -OCH3 is 1. The Balaban J connectivity index is 3.45. The number of rotatable bonds is 19. The molecule has 218 valence electrons. The van der Waals surface area contributed by atoms with Crippen LogP contribution in [0.3, 0.4) is 0 Å². The number of aliphatic carboxylic acids is 5. The fourth-order valence-corrected chi connectivity index (χ4v) is 8.05. The number of hydrogen-bond donors (Lipinski definition) is 5. The molecule has 0 fully saturated rings. The first kappa shape index (κ1) is 35.5. The normalized spacial score (nSPS) is 12.1. The first-order chi connectivity index (χ1) is 18.1. The van der Waals surface area contributed by atoms with Crippen molar-refractivity contribution in [2.24, 2.45) is 0 Å². The lowest BCUT2D eigenvalue weighted by atomic mass is 10.0. The quantitative estimate of drug-likeness (QED) is 0.122. The second kappa shape index (κ2) is 17.3. The van der Waals surface area contributed by atoms with Crippen LogP contribution >= 0.6 is 67.8 Å². The molecule has 0 aliphatic rings. The number of carbonyl (C=O) groups is 5. The van der Waals surface area contributed by atoms with Crippen LogP contribution in [0.4, 0.5) is 0 Å². The van der Waals surface area contributed by atoms with Crippen molar-refractivity contribution in [1.82, 2.24) is 14.7 Å². The smallest absolute Gasteiger partial charge is 0.317 e. The van der Waals surface area contributed by atoms with Crippen molar-refractivity contribution in [2.45, 2.75) is 12.5 Å². The molecule has 1 unspecified atom stereocenters. The molecule has 17 heteroatoms. The first-order valence-corrected chi connectivity index (χ1v) is 14.4. The monoisotopic (exact) mass is 891 g/mol. The minimum absolute atomic E-state index is 0.0679. The van der Waals surface area contributed by atoms with E-state index in [1.54, 1.807) is 0 Å². The Kier molecular flexibility index (Phi) is 15.7. The molecule has 5 N–H and O–H groups in total. The predicted molar refractivity (Wildman–Crippen MR) is 161 cm³/mol. The second-order valence-corrected chi connectivity index (χ2v) is 11.7. The Labute approximate surface area is 264 Å². The highest BCUT2D eigenvalue weighted by atomic mass is 127. The fourth-order valence-electron chi connectivity index (χ4n) is 3.79. The molecule has 39 heavy (non-hydrogen) atoms. The van der Waals surface area contributed by atoms with E-state index < -0.39 is 68.6 Å². The lowest BCUT2D eigenvalue weighted by Crippen LogP contribution is -2.51. The summed E-state index contributed by atoms with van der Waals surface area (Å²) in [6, 6.07) is 1.06. The zero-order valence-corrected chi connectivity index (χ0v) is 27.2. The second-order valence-electron chi connectivity index (χ2n) is 8.34. The Morgan fingerprint density at radius 3 is 1.62 bits per heavy atom. The van der Waals surface area contributed by atoms with Crippen molar-refractivity contribution in [2.75, 3.05) is 59.5 Å². The lowest BCUT2D eigenvalue weighted by Gasteiger charge is -2.35. The van der Waals surface area contributed by atoms with E-state index in [1.165, 1.54) is 16.9 Å². The van der Waals surface area contributed by atoms with E-state index in [0.717, 1.165) is 21.2 Å². The van der Waals surface area contributed by atoms with Crippen LogP contribution in [-0.2, 0) is 30.4 Å². The molecule has 1 aromatic rings. The van der Waals surface area contributed by atoms with Gasteiger partial charge in [0, 0.05) is 29.2 Å². The maximum Gasteiger partial charge on any atom is 0.317 e. The first-order valence-electron chi connectivity index (χ1n) is 11.1. The minimum atomic E-state index is -1.27. The number of nitrogens with zero attached hydrogens (tertiary/aromatic N) is 3. The third-order valence-electron chi connectivity index (χ3n) is 5.34. The van der Waals surface area contributed by atoms with Crippen molar-refractivity contribution in [3.63, 3.8) is 0 Å². The van der Waals surface area contributed by atoms with Gasteiger partial charge in [-0.25, -0.2) is 0 Å². The molecule has 0 aliphatic heterocycles. The van der Waals surface area contributed by atoms with Gasteiger partial charge in [-0.2, -0.15) is 0 Å². The molecular weight excluding hydrogens is 863 g/mol. The Morgan fingerprint density at radius 1 is 0.744 bits per heavy atom. The van der Waals surface area contributed by atoms with Crippen molar-refractivity contribution >= 4 is 97.6 Å². The zero-order chi connectivity index (χ0) is 29.9. The Morgan fingerprint density at radius 2 is 1.18 bits per heavy atom. The molecule has 1 atom stereocenters. The SMILES string of the molecule is COc1c(I)cc(I)c(CC(CN(CCN(CC(=O)O)CC(=O)O)CC(=O)O)N(CC(=O)O)CC(=O)O)c1I. The van der Waals surface area contributed by atoms with Crippen LogP contribution in [-0.4, -0.2) is 136 Å². The van der Waals surface area contributed by atoms with Crippen LogP contribution in [0.1, 0.15) is 5.56 Å². The van der Waals surface area contributed by atoms with Gasteiger partial charge >= 0.3 is 29.8 Å². The molecule has 0 radical (unpaired) electrons. The zero-order valence-electron chi connectivity index (χ0n) is 20.7. The van der Waals surface area contributed by atoms with Crippen LogP contribution < -0.4 is 4.74 Å². The van der Waals surface area contributed by atoms with Crippen molar-refractivity contribution in [1.29, 1.82) is 0 Å². The van der Waals surface area contributed by atoms with E-state index in [1.807, 2.05) is 6.07 Å². The molecule has 0 spiro atoms. The molecular formula is C22H28I3N3O11. The molecule has 0 saturated heterocycles. The van der Waals surface area contributed by atoms with Gasteiger partial charge in [0.25, 0.3) is 0 Å². The highest BCUT2D eigenvalue weighted by Gasteiger charge is 2.29. The summed E-state index contributed by atoms with van der Waals surface area (Å²) in [6.45, 7) is -3.22. The summed E-state index contributed by atoms with van der Waals surface area (Å²) < 4.78 is 7.88. The van der Waals surface area contributed by atoms with Gasteiger partial charge in [-0.05, 0) is 85.8 Å². The molecule has 1 rings (SSSR count). The van der Waals surface area contributed by atoms with Gasteiger partial charge in [0.1, 0.15) is 5.75 Å². The summed E-state index contributed by atoms with van der Waals surface area (Å²) in [5, 5.41) is 46.7. The van der Waals surface area contributed by atoms with Gasteiger partial charge < -0.3 is 30.3 Å². The summed E-state index contributed by atoms with van der Waals surface area (Å²) >= 11 is 6.31. The van der Waals surface area contributed by atoms with E-state index >= 15 is 0 Å². The molecule has 0 bridgehead atoms. The van der Waals surface area contributed by atoms with Crippen molar-refractivity contribution in [3.8, 4) is 5.75 Å². The number of benzene rings is 1. The van der Waals surface area contributed by atoms with Gasteiger partial charge in [0.05, 0.1) is 47.0 Å². The van der Waals surface area contributed by atoms with Gasteiger partial charge in [0.15, 0.2) is 0 Å². The van der Waals surface area contributed by atoms with E-state index in [4.69, 9.17) is 14.9 Å². The van der Waals surface area contributed by atoms with Crippen LogP contribution in [0, 0.1) is 10.7 Å². The predicted octanol–water partition coefficient (Wildman–Crippen LogP) is 0.749. The third-order valence-corrected chi connectivity index (χ3v) is 8.24. The average Bonchev–Trinajstić information content (AvgIpc) is 2.77. The van der Waals surface area contributed by atoms with Crippen LogP contribution in [0.25, 0.3) is 0 Å². The highest BCUT2D eigenvalue weighted by Crippen LogP contribution is 2.34. The van der Waals surface area contributed by atoms with Crippen LogP contribution in [0.15, 0.2) is 6.07 Å². The Hall–Kier alpha value is -1.56. The molecule has 0 heterocycles. The number of hydrogen-bond acceptors (Lipinski definition) is 9. The van der Waals surface area contributed by atoms with Crippen LogP contribution in [0.5, 0.6) is 5.75 Å². The average molecular weight is 891 g/mol. The summed E-state index contributed by atoms with van der Waals surface area (Å²) in [7, 11) is 1.50. The van der Waals surface area contributed by atoms with Crippen molar-refractivity contribution < 1.29 is 54.2 Å². The van der Waals surface area contributed by atoms with Crippen LogP contribution in [0.2, 0.25) is 0 Å². The fraction of sp³-hybridized carbons (Fsp3) is 0.500. The Bertz CT molecular complexity index is 1040. The molecule has 0 aromatic heterocycles. The third kappa shape index (κ3) is 13.1. The minimum Gasteiger partial charge on any atom is -0.495 e. The molecule has 0 amide bonds. The summed E-state index contributed by atoms with van der Waals surface area (Å²) in [5.41, 5.74) is 0.757. The molecule has 1 aromatic carbocycles. The molecule has 0 aliphatic carbocycles. The van der Waals surface area contributed by atoms with E-state index in [0.29, 0.717) is 5.75 Å². The maximum atomic E-state index is 11.6. The van der Waals surface area contributed by atoms with Crippen molar-refractivity contribution in [3.05, 3.63) is 22.3 Å². The summed E-state index contributed by atoms with van der Waals surface area (Å²) in [6.07, 6.45) is 0.147.